The number of hydrogen-bond donors (Lipinski definition) is 1. The largest absolute Gasteiger partial charge is 0.422 e. The molecule has 206 valence electrons. The van der Waals surface area contributed by atoms with Crippen molar-refractivity contribution in [1.29, 1.82) is 0 Å². The van der Waals surface area contributed by atoms with Crippen LogP contribution in [0.4, 0.5) is 19.3 Å². The highest BCUT2D eigenvalue weighted by Crippen LogP contribution is 2.30. The molecule has 0 radical (unpaired) electrons. The van der Waals surface area contributed by atoms with Crippen LogP contribution in [0.15, 0.2) is 39.5 Å². The quantitative estimate of drug-likeness (QED) is 0.398. The molecular formula is C26H31F2N3O6S. The average molecular weight is 552 g/mol. The van der Waals surface area contributed by atoms with Gasteiger partial charge in [0.05, 0.1) is 11.4 Å². The lowest BCUT2D eigenvalue weighted by atomic mass is 9.97. The van der Waals surface area contributed by atoms with Gasteiger partial charge in [-0.2, -0.15) is 0 Å². The van der Waals surface area contributed by atoms with Gasteiger partial charge in [0.2, 0.25) is 10.0 Å². The zero-order valence-corrected chi connectivity index (χ0v) is 22.9. The van der Waals surface area contributed by atoms with E-state index in [-0.39, 0.29) is 52.4 Å². The maximum atomic E-state index is 15.4. The minimum atomic E-state index is -3.79. The van der Waals surface area contributed by atoms with Crippen molar-refractivity contribution in [3.63, 3.8) is 0 Å². The number of carbonyl (C=O) groups excluding carboxylic acids is 1. The Balaban J connectivity index is 2.10. The molecule has 1 aromatic heterocycles. The molecule has 0 unspecified atom stereocenters. The molecule has 2 aromatic carbocycles. The molecule has 1 heterocycles. The molecular weight excluding hydrogens is 520 g/mol. The Morgan fingerprint density at radius 3 is 2.39 bits per heavy atom. The van der Waals surface area contributed by atoms with Crippen LogP contribution in [0.3, 0.4) is 0 Å². The lowest BCUT2D eigenvalue weighted by molar-refractivity contribution is 0.170. The molecule has 1 amide bonds. The van der Waals surface area contributed by atoms with Crippen LogP contribution >= 0.6 is 0 Å². The first-order valence-electron chi connectivity index (χ1n) is 11.8. The third-order valence-corrected chi connectivity index (χ3v) is 7.11. The number of sulfonamides is 1. The van der Waals surface area contributed by atoms with E-state index in [1.165, 1.54) is 32.3 Å². The van der Waals surface area contributed by atoms with E-state index in [0.717, 1.165) is 17.0 Å². The Morgan fingerprint density at radius 1 is 1.11 bits per heavy atom. The second kappa shape index (κ2) is 11.5. The molecule has 3 aromatic rings. The number of amides is 1. The van der Waals surface area contributed by atoms with Crippen LogP contribution in [0.25, 0.3) is 11.0 Å². The second-order valence-corrected chi connectivity index (χ2v) is 11.6. The highest BCUT2D eigenvalue weighted by molar-refractivity contribution is 7.92. The van der Waals surface area contributed by atoms with Gasteiger partial charge < -0.3 is 19.0 Å². The van der Waals surface area contributed by atoms with Crippen molar-refractivity contribution in [2.75, 3.05) is 38.7 Å². The minimum Gasteiger partial charge on any atom is -0.422 e. The van der Waals surface area contributed by atoms with E-state index in [9.17, 15) is 22.4 Å². The zero-order chi connectivity index (χ0) is 28.4. The molecule has 3 rings (SSSR count). The number of nitrogens with zero attached hydrogens (tertiary/aromatic N) is 2. The van der Waals surface area contributed by atoms with Crippen LogP contribution in [-0.2, 0) is 23.0 Å². The SMILES string of the molecule is CC(C)CS(=O)(=O)Nc1cccc(Cc2c(CN(C)C)c3cc(F)c(OC(=O)N(C)C)cc3oc2=O)c1F. The van der Waals surface area contributed by atoms with Crippen molar-refractivity contribution < 1.29 is 31.1 Å². The van der Waals surface area contributed by atoms with E-state index >= 15 is 4.39 Å². The first-order chi connectivity index (χ1) is 17.7. The summed E-state index contributed by atoms with van der Waals surface area (Å²) in [5, 5.41) is 0.254. The standard InChI is InChI=1S/C26H31F2N3O6S/c1-15(2)14-38(34,35)29-21-9-7-8-16(24(21)28)10-18-19(13-30(3)4)17-11-20(27)23(37-26(33)31(5)6)12-22(17)36-25(18)32/h7-9,11-12,15,29H,10,13-14H2,1-6H3. The molecule has 9 nitrogen and oxygen atoms in total. The molecule has 0 atom stereocenters. The van der Waals surface area contributed by atoms with Gasteiger partial charge in [0.1, 0.15) is 5.58 Å². The Morgan fingerprint density at radius 2 is 1.79 bits per heavy atom. The van der Waals surface area contributed by atoms with E-state index < -0.39 is 39.1 Å². The van der Waals surface area contributed by atoms with Gasteiger partial charge in [-0.3, -0.25) is 4.72 Å². The topological polar surface area (TPSA) is 109 Å². The molecule has 0 bridgehead atoms. The number of nitrogens with one attached hydrogen (secondary N) is 1. The summed E-state index contributed by atoms with van der Waals surface area (Å²) < 4.78 is 67.8. The molecule has 38 heavy (non-hydrogen) atoms. The lowest BCUT2D eigenvalue weighted by Gasteiger charge is -2.18. The lowest BCUT2D eigenvalue weighted by Crippen LogP contribution is -2.25. The van der Waals surface area contributed by atoms with E-state index in [1.807, 2.05) is 0 Å². The van der Waals surface area contributed by atoms with Gasteiger partial charge in [0, 0.05) is 44.1 Å². The van der Waals surface area contributed by atoms with E-state index in [0.29, 0.717) is 5.56 Å². The smallest absolute Gasteiger partial charge is 0.414 e. The number of fused-ring (bicyclic) bond motifs is 1. The average Bonchev–Trinajstić information content (AvgIpc) is 2.78. The zero-order valence-electron chi connectivity index (χ0n) is 22.1. The summed E-state index contributed by atoms with van der Waals surface area (Å²) in [7, 11) is 2.58. The predicted molar refractivity (Wildman–Crippen MR) is 141 cm³/mol. The third-order valence-electron chi connectivity index (χ3n) is 5.47. The van der Waals surface area contributed by atoms with Crippen molar-refractivity contribution in [1.82, 2.24) is 9.80 Å². The van der Waals surface area contributed by atoms with Gasteiger partial charge in [0.15, 0.2) is 17.4 Å². The van der Waals surface area contributed by atoms with Crippen LogP contribution in [-0.4, -0.2) is 58.3 Å². The van der Waals surface area contributed by atoms with Gasteiger partial charge in [-0.1, -0.05) is 26.0 Å². The Kier molecular flexibility index (Phi) is 8.78. The number of ether oxygens (including phenoxy) is 1. The van der Waals surface area contributed by atoms with Gasteiger partial charge in [-0.25, -0.2) is 26.8 Å². The summed E-state index contributed by atoms with van der Waals surface area (Å²) in [6.45, 7) is 3.65. The fourth-order valence-electron chi connectivity index (χ4n) is 3.88. The summed E-state index contributed by atoms with van der Waals surface area (Å²) in [5.41, 5.74) is -0.481. The maximum Gasteiger partial charge on any atom is 0.414 e. The molecule has 0 aliphatic rings. The van der Waals surface area contributed by atoms with Crippen LogP contribution in [0.5, 0.6) is 5.75 Å². The fourth-order valence-corrected chi connectivity index (χ4v) is 5.33. The van der Waals surface area contributed by atoms with Crippen LogP contribution in [0.1, 0.15) is 30.5 Å². The summed E-state index contributed by atoms with van der Waals surface area (Å²) in [4.78, 5) is 27.8. The third kappa shape index (κ3) is 6.87. The van der Waals surface area contributed by atoms with Gasteiger partial charge >= 0.3 is 11.7 Å². The number of rotatable bonds is 9. The highest BCUT2D eigenvalue weighted by Gasteiger charge is 2.22. The summed E-state index contributed by atoms with van der Waals surface area (Å²) in [6, 6.07) is 6.44. The van der Waals surface area contributed by atoms with Crippen molar-refractivity contribution >= 4 is 32.8 Å². The molecule has 1 N–H and O–H groups in total. The van der Waals surface area contributed by atoms with Crippen molar-refractivity contribution in [3.8, 4) is 5.75 Å². The predicted octanol–water partition coefficient (Wildman–Crippen LogP) is 4.18. The number of hydrogen-bond acceptors (Lipinski definition) is 7. The first-order valence-corrected chi connectivity index (χ1v) is 13.4. The minimum absolute atomic E-state index is 0.00535. The van der Waals surface area contributed by atoms with E-state index in [4.69, 9.17) is 9.15 Å². The normalized spacial score (nSPS) is 11.8. The Labute approximate surface area is 220 Å². The van der Waals surface area contributed by atoms with Crippen LogP contribution in [0, 0.1) is 17.6 Å². The van der Waals surface area contributed by atoms with Crippen molar-refractivity contribution in [3.05, 3.63) is 69.1 Å². The highest BCUT2D eigenvalue weighted by atomic mass is 32.2. The summed E-state index contributed by atoms with van der Waals surface area (Å²) >= 11 is 0. The monoisotopic (exact) mass is 551 g/mol. The van der Waals surface area contributed by atoms with Crippen molar-refractivity contribution in [2.24, 2.45) is 5.92 Å². The van der Waals surface area contributed by atoms with Crippen LogP contribution < -0.4 is 15.1 Å². The maximum absolute atomic E-state index is 15.4. The Hall–Kier alpha value is -3.51. The van der Waals surface area contributed by atoms with Crippen molar-refractivity contribution in [2.45, 2.75) is 26.8 Å². The van der Waals surface area contributed by atoms with E-state index in [2.05, 4.69) is 4.72 Å². The second-order valence-electron chi connectivity index (χ2n) is 9.86. The summed E-state index contributed by atoms with van der Waals surface area (Å²) in [5.74, 6) is -2.43. The van der Waals surface area contributed by atoms with Crippen LogP contribution in [0.2, 0.25) is 0 Å². The fraction of sp³-hybridized carbons (Fsp3) is 0.385. The molecule has 12 heteroatoms. The van der Waals surface area contributed by atoms with Gasteiger partial charge in [0.25, 0.3) is 0 Å². The number of carbonyl (C=O) groups is 1. The molecule has 0 saturated carbocycles. The molecule has 0 spiro atoms. The molecule has 0 aliphatic carbocycles. The molecule has 0 aliphatic heterocycles. The van der Waals surface area contributed by atoms with Gasteiger partial charge in [-0.05, 0) is 43.3 Å². The molecule has 0 fully saturated rings. The first kappa shape index (κ1) is 29.1. The molecule has 0 saturated heterocycles. The summed E-state index contributed by atoms with van der Waals surface area (Å²) in [6.07, 6.45) is -1.04. The number of benzene rings is 2. The van der Waals surface area contributed by atoms with Gasteiger partial charge in [-0.15, -0.1) is 0 Å². The number of halogens is 2. The Bertz CT molecular complexity index is 1520. The number of anilines is 1. The van der Waals surface area contributed by atoms with E-state index in [1.54, 1.807) is 32.8 Å².